The third kappa shape index (κ3) is 4.24. The van der Waals surface area contributed by atoms with Gasteiger partial charge in [-0.05, 0) is 67.0 Å². The molecule has 0 spiro atoms. The molecule has 1 amide bonds. The van der Waals surface area contributed by atoms with E-state index < -0.39 is 5.60 Å². The van der Waals surface area contributed by atoms with Crippen molar-refractivity contribution < 1.29 is 9.53 Å². The fourth-order valence-electron chi connectivity index (χ4n) is 3.56. The summed E-state index contributed by atoms with van der Waals surface area (Å²) in [6.45, 7) is 8.55. The Morgan fingerprint density at radius 3 is 2.38 bits per heavy atom. The Morgan fingerprint density at radius 1 is 1.03 bits per heavy atom. The summed E-state index contributed by atoms with van der Waals surface area (Å²) in [5, 5.41) is 1.16. The maximum atomic E-state index is 12.3. The second-order valence-electron chi connectivity index (χ2n) is 8.21. The van der Waals surface area contributed by atoms with Crippen molar-refractivity contribution in [3.8, 4) is 5.69 Å². The molecule has 1 saturated heterocycles. The molecule has 7 heteroatoms. The van der Waals surface area contributed by atoms with Gasteiger partial charge in [0.15, 0.2) is 0 Å². The van der Waals surface area contributed by atoms with Crippen molar-refractivity contribution in [3.63, 3.8) is 0 Å². The monoisotopic (exact) mass is 456 g/mol. The highest BCUT2D eigenvalue weighted by Gasteiger charge is 2.26. The van der Waals surface area contributed by atoms with Crippen molar-refractivity contribution in [2.45, 2.75) is 26.4 Å². The van der Waals surface area contributed by atoms with Crippen LogP contribution in [0.15, 0.2) is 53.4 Å². The SMILES string of the molecule is CC(C)(C)OC(=O)N1CCN(c2ccc3c(Br)cn(-c4ccncc4)c3c2)CC1. The van der Waals surface area contributed by atoms with Crippen molar-refractivity contribution in [2.24, 2.45) is 0 Å². The predicted octanol–water partition coefficient (Wildman–Crippen LogP) is 4.85. The number of piperazine rings is 1. The fourth-order valence-corrected chi connectivity index (χ4v) is 4.10. The summed E-state index contributed by atoms with van der Waals surface area (Å²) in [4.78, 5) is 20.5. The minimum Gasteiger partial charge on any atom is -0.444 e. The third-order valence-corrected chi connectivity index (χ3v) is 5.61. The van der Waals surface area contributed by atoms with E-state index in [4.69, 9.17) is 4.74 Å². The molecule has 152 valence electrons. The first-order valence-corrected chi connectivity index (χ1v) is 10.5. The van der Waals surface area contributed by atoms with Gasteiger partial charge in [0.2, 0.25) is 0 Å². The van der Waals surface area contributed by atoms with Gasteiger partial charge in [0, 0.05) is 66.0 Å². The van der Waals surface area contributed by atoms with Crippen LogP contribution in [0.4, 0.5) is 10.5 Å². The number of carbonyl (C=O) groups excluding carboxylic acids is 1. The number of anilines is 1. The van der Waals surface area contributed by atoms with Gasteiger partial charge in [0.05, 0.1) is 5.52 Å². The van der Waals surface area contributed by atoms with Gasteiger partial charge in [-0.1, -0.05) is 0 Å². The van der Waals surface area contributed by atoms with Crippen LogP contribution in [0.2, 0.25) is 0 Å². The summed E-state index contributed by atoms with van der Waals surface area (Å²) < 4.78 is 8.73. The van der Waals surface area contributed by atoms with E-state index in [2.05, 4.69) is 54.8 Å². The summed E-state index contributed by atoms with van der Waals surface area (Å²) in [7, 11) is 0. The first-order chi connectivity index (χ1) is 13.8. The maximum Gasteiger partial charge on any atom is 0.410 e. The van der Waals surface area contributed by atoms with Crippen LogP contribution in [-0.2, 0) is 4.74 Å². The Kier molecular flexibility index (Phi) is 5.25. The molecule has 6 nitrogen and oxygen atoms in total. The smallest absolute Gasteiger partial charge is 0.410 e. The first-order valence-electron chi connectivity index (χ1n) is 9.76. The molecule has 0 atom stereocenters. The Hall–Kier alpha value is -2.54. The van der Waals surface area contributed by atoms with Crippen molar-refractivity contribution in [1.29, 1.82) is 0 Å². The topological polar surface area (TPSA) is 50.6 Å². The summed E-state index contributed by atoms with van der Waals surface area (Å²) in [5.41, 5.74) is 2.89. The molecule has 1 aliphatic rings. The van der Waals surface area contributed by atoms with E-state index in [0.29, 0.717) is 13.1 Å². The van der Waals surface area contributed by atoms with Gasteiger partial charge in [0.25, 0.3) is 0 Å². The van der Waals surface area contributed by atoms with Crippen LogP contribution in [0.1, 0.15) is 20.8 Å². The number of ether oxygens (including phenoxy) is 1. The second-order valence-corrected chi connectivity index (χ2v) is 9.06. The fraction of sp³-hybridized carbons (Fsp3) is 0.364. The number of carbonyl (C=O) groups is 1. The lowest BCUT2D eigenvalue weighted by atomic mass is 10.2. The number of benzene rings is 1. The van der Waals surface area contributed by atoms with Gasteiger partial charge in [-0.2, -0.15) is 0 Å². The zero-order chi connectivity index (χ0) is 20.6. The van der Waals surface area contributed by atoms with E-state index in [1.807, 2.05) is 32.9 Å². The highest BCUT2D eigenvalue weighted by atomic mass is 79.9. The van der Waals surface area contributed by atoms with Gasteiger partial charge < -0.3 is 19.1 Å². The molecule has 29 heavy (non-hydrogen) atoms. The molecular weight excluding hydrogens is 432 g/mol. The highest BCUT2D eigenvalue weighted by molar-refractivity contribution is 9.10. The molecule has 2 aromatic heterocycles. The molecule has 4 rings (SSSR count). The van der Waals surface area contributed by atoms with E-state index in [-0.39, 0.29) is 6.09 Å². The van der Waals surface area contributed by atoms with Crippen molar-refractivity contribution in [3.05, 3.63) is 53.4 Å². The van der Waals surface area contributed by atoms with Crippen LogP contribution >= 0.6 is 15.9 Å². The number of fused-ring (bicyclic) bond motifs is 1. The first kappa shape index (κ1) is 19.8. The molecule has 1 fully saturated rings. The minimum absolute atomic E-state index is 0.233. The summed E-state index contributed by atoms with van der Waals surface area (Å²) in [6.07, 6.45) is 5.46. The van der Waals surface area contributed by atoms with Crippen molar-refractivity contribution in [1.82, 2.24) is 14.5 Å². The molecule has 0 bridgehead atoms. The molecule has 0 unspecified atom stereocenters. The van der Waals surface area contributed by atoms with Gasteiger partial charge in [-0.3, -0.25) is 4.98 Å². The lowest BCUT2D eigenvalue weighted by Gasteiger charge is -2.36. The number of hydrogen-bond acceptors (Lipinski definition) is 4. The average molecular weight is 457 g/mol. The number of nitrogens with zero attached hydrogens (tertiary/aromatic N) is 4. The van der Waals surface area contributed by atoms with Crippen molar-refractivity contribution >= 4 is 38.6 Å². The van der Waals surface area contributed by atoms with Gasteiger partial charge in [-0.25, -0.2) is 4.79 Å². The zero-order valence-corrected chi connectivity index (χ0v) is 18.5. The van der Waals surface area contributed by atoms with E-state index in [1.165, 1.54) is 0 Å². The predicted molar refractivity (Wildman–Crippen MR) is 119 cm³/mol. The molecule has 1 aliphatic heterocycles. The summed E-state index contributed by atoms with van der Waals surface area (Å²) >= 11 is 3.68. The molecule has 0 aliphatic carbocycles. The number of hydrogen-bond donors (Lipinski definition) is 0. The largest absolute Gasteiger partial charge is 0.444 e. The quantitative estimate of drug-likeness (QED) is 0.553. The molecular formula is C22H25BrN4O2. The molecule has 0 radical (unpaired) electrons. The lowest BCUT2D eigenvalue weighted by molar-refractivity contribution is 0.0240. The van der Waals surface area contributed by atoms with E-state index in [1.54, 1.807) is 17.3 Å². The molecule has 0 saturated carbocycles. The Morgan fingerprint density at radius 2 is 1.72 bits per heavy atom. The molecule has 3 heterocycles. The normalized spacial score (nSPS) is 15.0. The highest BCUT2D eigenvalue weighted by Crippen LogP contribution is 2.32. The van der Waals surface area contributed by atoms with Crippen LogP contribution in [0.5, 0.6) is 0 Å². The minimum atomic E-state index is -0.467. The molecule has 3 aromatic rings. The maximum absolute atomic E-state index is 12.3. The Labute approximate surface area is 179 Å². The van der Waals surface area contributed by atoms with Gasteiger partial charge >= 0.3 is 6.09 Å². The summed E-state index contributed by atoms with van der Waals surface area (Å²) in [5.74, 6) is 0. The number of aromatic nitrogens is 2. The average Bonchev–Trinajstić information content (AvgIpc) is 3.03. The van der Waals surface area contributed by atoms with Gasteiger partial charge in [-0.15, -0.1) is 0 Å². The number of amides is 1. The number of halogens is 1. The van der Waals surface area contributed by atoms with E-state index in [9.17, 15) is 4.79 Å². The Balaban J connectivity index is 1.54. The second kappa shape index (κ2) is 7.71. The van der Waals surface area contributed by atoms with Crippen LogP contribution in [-0.4, -0.2) is 52.3 Å². The van der Waals surface area contributed by atoms with Crippen LogP contribution in [0, 0.1) is 0 Å². The zero-order valence-electron chi connectivity index (χ0n) is 16.9. The van der Waals surface area contributed by atoms with Gasteiger partial charge in [0.1, 0.15) is 5.60 Å². The van der Waals surface area contributed by atoms with Crippen LogP contribution < -0.4 is 4.90 Å². The Bertz CT molecular complexity index is 1020. The van der Waals surface area contributed by atoms with Crippen LogP contribution in [0.25, 0.3) is 16.6 Å². The third-order valence-electron chi connectivity index (χ3n) is 4.98. The molecule has 0 N–H and O–H groups in total. The lowest BCUT2D eigenvalue weighted by Crippen LogP contribution is -2.50. The standard InChI is InChI=1S/C22H25BrN4O2/c1-22(2,3)29-21(28)26-12-10-25(11-13-26)17-4-5-18-19(23)15-27(20(18)14-17)16-6-8-24-9-7-16/h4-9,14-15H,10-13H2,1-3H3. The summed E-state index contributed by atoms with van der Waals surface area (Å²) in [6, 6.07) is 10.5. The van der Waals surface area contributed by atoms with Crippen molar-refractivity contribution in [2.75, 3.05) is 31.1 Å². The number of pyridine rings is 1. The molecule has 1 aromatic carbocycles. The van der Waals surface area contributed by atoms with Crippen LogP contribution in [0.3, 0.4) is 0 Å². The number of rotatable bonds is 2. The van der Waals surface area contributed by atoms with E-state index in [0.717, 1.165) is 39.8 Å². The van der Waals surface area contributed by atoms with E-state index >= 15 is 0 Å².